The summed E-state index contributed by atoms with van der Waals surface area (Å²) in [5, 5.41) is 18.2. The highest BCUT2D eigenvalue weighted by molar-refractivity contribution is 9.10. The Morgan fingerprint density at radius 2 is 1.74 bits per heavy atom. The van der Waals surface area contributed by atoms with Crippen molar-refractivity contribution >= 4 is 39.6 Å². The predicted octanol–water partition coefficient (Wildman–Crippen LogP) is 3.89. The number of fused-ring (bicyclic) bond motifs is 3. The number of rotatable bonds is 8. The maximum absolute atomic E-state index is 12.8. The summed E-state index contributed by atoms with van der Waals surface area (Å²) in [6.45, 7) is 0.0846. The minimum atomic E-state index is -1.10. The van der Waals surface area contributed by atoms with Crippen molar-refractivity contribution in [1.29, 1.82) is 0 Å². The lowest BCUT2D eigenvalue weighted by Gasteiger charge is -2.19. The number of carbonyl (C=O) groups excluding carboxylic acids is 2. The molecule has 0 saturated heterocycles. The molecule has 0 saturated carbocycles. The van der Waals surface area contributed by atoms with Crippen LogP contribution in [0.15, 0.2) is 59.3 Å². The van der Waals surface area contributed by atoms with Gasteiger partial charge in [0.15, 0.2) is 0 Å². The number of carbonyl (C=O) groups is 3. The van der Waals surface area contributed by atoms with Gasteiger partial charge in [-0.15, -0.1) is 0 Å². The number of benzene rings is 2. The topological polar surface area (TPSA) is 123 Å². The standard InChI is InChI=1S/C24H23BrN4O5/c1-29-22(25)20(12-26-29)27-23(32)19(10-11-21(30)31)28-24(33)34-13-18-16-8-4-2-6-14(16)15-7-3-5-9-17(15)18/h2-9,12,18-19H,10-11,13H2,1H3,(H,27,32)(H,28,33)(H,30,31). The van der Waals surface area contributed by atoms with Gasteiger partial charge in [0.05, 0.1) is 11.9 Å². The zero-order chi connectivity index (χ0) is 24.2. The maximum Gasteiger partial charge on any atom is 0.407 e. The Morgan fingerprint density at radius 1 is 1.12 bits per heavy atom. The van der Waals surface area contributed by atoms with E-state index in [1.165, 1.54) is 10.9 Å². The van der Waals surface area contributed by atoms with E-state index in [-0.39, 0.29) is 25.4 Å². The summed E-state index contributed by atoms with van der Waals surface area (Å²) >= 11 is 3.31. The lowest BCUT2D eigenvalue weighted by molar-refractivity contribution is -0.137. The highest BCUT2D eigenvalue weighted by Gasteiger charge is 2.30. The minimum Gasteiger partial charge on any atom is -0.481 e. The number of hydrogen-bond acceptors (Lipinski definition) is 5. The van der Waals surface area contributed by atoms with Crippen LogP contribution < -0.4 is 10.6 Å². The zero-order valence-corrected chi connectivity index (χ0v) is 19.9. The molecule has 1 aliphatic rings. The highest BCUT2D eigenvalue weighted by Crippen LogP contribution is 2.44. The Kier molecular flexibility index (Phi) is 6.97. The van der Waals surface area contributed by atoms with E-state index in [4.69, 9.17) is 9.84 Å². The fourth-order valence-electron chi connectivity index (χ4n) is 4.05. The van der Waals surface area contributed by atoms with Gasteiger partial charge in [0, 0.05) is 19.4 Å². The number of amides is 2. The van der Waals surface area contributed by atoms with E-state index >= 15 is 0 Å². The van der Waals surface area contributed by atoms with Crippen LogP contribution in [-0.4, -0.2) is 45.5 Å². The van der Waals surface area contributed by atoms with Crippen LogP contribution in [0.25, 0.3) is 11.1 Å². The molecule has 2 amide bonds. The molecule has 1 atom stereocenters. The summed E-state index contributed by atoms with van der Waals surface area (Å²) in [4.78, 5) is 36.5. The Labute approximate surface area is 204 Å². The number of ether oxygens (including phenoxy) is 1. The lowest BCUT2D eigenvalue weighted by Crippen LogP contribution is -2.44. The molecule has 3 aromatic rings. The monoisotopic (exact) mass is 526 g/mol. The Bertz CT molecular complexity index is 1200. The number of hydrogen-bond donors (Lipinski definition) is 3. The highest BCUT2D eigenvalue weighted by atomic mass is 79.9. The van der Waals surface area contributed by atoms with Crippen molar-refractivity contribution in [2.75, 3.05) is 11.9 Å². The van der Waals surface area contributed by atoms with E-state index in [1.807, 2.05) is 48.5 Å². The fourth-order valence-corrected chi connectivity index (χ4v) is 4.34. The van der Waals surface area contributed by atoms with Crippen LogP contribution in [0, 0.1) is 0 Å². The summed E-state index contributed by atoms with van der Waals surface area (Å²) < 4.78 is 7.56. The van der Waals surface area contributed by atoms with Gasteiger partial charge in [0.25, 0.3) is 0 Å². The third-order valence-electron chi connectivity index (χ3n) is 5.72. The average molecular weight is 527 g/mol. The van der Waals surface area contributed by atoms with Gasteiger partial charge < -0.3 is 20.5 Å². The summed E-state index contributed by atoms with van der Waals surface area (Å²) in [7, 11) is 1.69. The second kappa shape index (κ2) is 10.1. The smallest absolute Gasteiger partial charge is 0.407 e. The summed E-state index contributed by atoms with van der Waals surface area (Å²) in [6, 6.07) is 14.8. The molecule has 0 bridgehead atoms. The van der Waals surface area contributed by atoms with Crippen LogP contribution in [0.1, 0.15) is 29.9 Å². The number of aryl methyl sites for hydroxylation is 1. The first-order valence-corrected chi connectivity index (χ1v) is 11.5. The molecule has 4 rings (SSSR count). The molecule has 2 aromatic carbocycles. The zero-order valence-electron chi connectivity index (χ0n) is 18.3. The van der Waals surface area contributed by atoms with Crippen LogP contribution in [0.4, 0.5) is 10.5 Å². The average Bonchev–Trinajstić information content (AvgIpc) is 3.32. The van der Waals surface area contributed by atoms with Crippen molar-refractivity contribution in [3.63, 3.8) is 0 Å². The molecule has 1 aliphatic carbocycles. The molecule has 1 heterocycles. The normalized spacial score (nSPS) is 13.0. The molecule has 0 fully saturated rings. The molecule has 3 N–H and O–H groups in total. The van der Waals surface area contributed by atoms with Crippen molar-refractivity contribution in [2.45, 2.75) is 24.8 Å². The third kappa shape index (κ3) is 4.96. The second-order valence-corrected chi connectivity index (χ2v) is 8.67. The molecular weight excluding hydrogens is 504 g/mol. The number of carboxylic acids is 1. The van der Waals surface area contributed by atoms with Gasteiger partial charge in [0.2, 0.25) is 5.91 Å². The molecule has 0 radical (unpaired) electrons. The van der Waals surface area contributed by atoms with Crippen molar-refractivity contribution in [2.24, 2.45) is 7.05 Å². The summed E-state index contributed by atoms with van der Waals surface area (Å²) in [5.74, 6) is -1.77. The van der Waals surface area contributed by atoms with Crippen LogP contribution >= 0.6 is 15.9 Å². The number of halogens is 1. The lowest BCUT2D eigenvalue weighted by atomic mass is 9.98. The maximum atomic E-state index is 12.8. The van der Waals surface area contributed by atoms with Crippen LogP contribution in [0.2, 0.25) is 0 Å². The Balaban J connectivity index is 1.43. The molecule has 34 heavy (non-hydrogen) atoms. The number of aliphatic carboxylic acids is 1. The van der Waals surface area contributed by atoms with Crippen molar-refractivity contribution in [3.05, 3.63) is 70.5 Å². The number of carboxylic acid groups (broad SMARTS) is 1. The van der Waals surface area contributed by atoms with E-state index in [0.29, 0.717) is 10.3 Å². The molecule has 1 aromatic heterocycles. The summed E-state index contributed by atoms with van der Waals surface area (Å²) in [6.07, 6.45) is 0.264. The first-order valence-electron chi connectivity index (χ1n) is 10.7. The second-order valence-electron chi connectivity index (χ2n) is 7.92. The van der Waals surface area contributed by atoms with E-state index in [9.17, 15) is 14.4 Å². The molecular formula is C24H23BrN4O5. The predicted molar refractivity (Wildman–Crippen MR) is 128 cm³/mol. The van der Waals surface area contributed by atoms with Crippen molar-refractivity contribution in [3.8, 4) is 11.1 Å². The van der Waals surface area contributed by atoms with Crippen LogP contribution in [-0.2, 0) is 21.4 Å². The quantitative estimate of drug-likeness (QED) is 0.409. The first kappa shape index (κ1) is 23.5. The Hall–Kier alpha value is -3.66. The van der Waals surface area contributed by atoms with Crippen LogP contribution in [0.3, 0.4) is 0 Å². The fraction of sp³-hybridized carbons (Fsp3) is 0.250. The minimum absolute atomic E-state index is 0.0846. The van der Waals surface area contributed by atoms with Gasteiger partial charge in [0.1, 0.15) is 17.3 Å². The van der Waals surface area contributed by atoms with Gasteiger partial charge in [-0.05, 0) is 44.6 Å². The number of nitrogens with zero attached hydrogens (tertiary/aromatic N) is 2. The van der Waals surface area contributed by atoms with E-state index in [0.717, 1.165) is 22.3 Å². The van der Waals surface area contributed by atoms with Gasteiger partial charge in [-0.3, -0.25) is 14.3 Å². The number of anilines is 1. The van der Waals surface area contributed by atoms with Crippen molar-refractivity contribution < 1.29 is 24.2 Å². The molecule has 1 unspecified atom stereocenters. The SMILES string of the molecule is Cn1ncc(NC(=O)C(CCC(=O)O)NC(=O)OCC2c3ccccc3-c3ccccc32)c1Br. The number of aromatic nitrogens is 2. The molecule has 0 aliphatic heterocycles. The van der Waals surface area contributed by atoms with Crippen molar-refractivity contribution in [1.82, 2.24) is 15.1 Å². The largest absolute Gasteiger partial charge is 0.481 e. The van der Waals surface area contributed by atoms with Gasteiger partial charge in [-0.1, -0.05) is 48.5 Å². The third-order valence-corrected chi connectivity index (χ3v) is 6.66. The van der Waals surface area contributed by atoms with Crippen LogP contribution in [0.5, 0.6) is 0 Å². The van der Waals surface area contributed by atoms with Gasteiger partial charge in [-0.2, -0.15) is 5.10 Å². The number of nitrogens with one attached hydrogen (secondary N) is 2. The van der Waals surface area contributed by atoms with E-state index < -0.39 is 24.0 Å². The van der Waals surface area contributed by atoms with Gasteiger partial charge in [-0.25, -0.2) is 4.79 Å². The summed E-state index contributed by atoms with van der Waals surface area (Å²) in [5.41, 5.74) is 4.75. The van der Waals surface area contributed by atoms with Gasteiger partial charge >= 0.3 is 12.1 Å². The molecule has 10 heteroatoms. The molecule has 0 spiro atoms. The molecule has 9 nitrogen and oxygen atoms in total. The first-order chi connectivity index (χ1) is 16.3. The molecule has 176 valence electrons. The Morgan fingerprint density at radius 3 is 2.29 bits per heavy atom. The number of alkyl carbamates (subject to hydrolysis) is 1. The van der Waals surface area contributed by atoms with E-state index in [2.05, 4.69) is 31.7 Å². The van der Waals surface area contributed by atoms with E-state index in [1.54, 1.807) is 7.05 Å².